The molecular formula is C12H21N3O. The normalized spacial score (nSPS) is 27.9. The molecule has 4 heteroatoms. The smallest absolute Gasteiger partial charge is 0.229 e. The molecule has 0 bridgehead atoms. The Morgan fingerprint density at radius 1 is 1.56 bits per heavy atom. The Bertz CT molecular complexity index is 337. The molecule has 0 aliphatic carbocycles. The quantitative estimate of drug-likeness (QED) is 0.855. The number of piperidine rings is 1. The molecule has 0 radical (unpaired) electrons. The summed E-state index contributed by atoms with van der Waals surface area (Å²) >= 11 is 0. The second-order valence-corrected chi connectivity index (χ2v) is 4.88. The van der Waals surface area contributed by atoms with E-state index in [0.29, 0.717) is 17.9 Å². The van der Waals surface area contributed by atoms with Crippen molar-refractivity contribution in [3.8, 4) is 0 Å². The third-order valence-electron chi connectivity index (χ3n) is 3.48. The van der Waals surface area contributed by atoms with Crippen molar-refractivity contribution in [3.05, 3.63) is 11.7 Å². The second kappa shape index (κ2) is 4.95. The first kappa shape index (κ1) is 11.6. The monoisotopic (exact) mass is 223 g/mol. The number of aromatic nitrogens is 2. The van der Waals surface area contributed by atoms with Crippen LogP contribution >= 0.6 is 0 Å². The lowest BCUT2D eigenvalue weighted by molar-refractivity contribution is 0.293. The molecule has 3 atom stereocenters. The van der Waals surface area contributed by atoms with E-state index in [2.05, 4.69) is 36.2 Å². The summed E-state index contributed by atoms with van der Waals surface area (Å²) in [5, 5.41) is 7.51. The lowest BCUT2D eigenvalue weighted by Gasteiger charge is -2.25. The lowest BCUT2D eigenvalue weighted by Crippen LogP contribution is -2.34. The number of nitrogens with one attached hydrogen (secondary N) is 1. The average molecular weight is 223 g/mol. The third-order valence-corrected chi connectivity index (χ3v) is 3.48. The Balaban J connectivity index is 2.06. The Labute approximate surface area is 96.8 Å². The van der Waals surface area contributed by atoms with Gasteiger partial charge in [0.2, 0.25) is 5.89 Å². The summed E-state index contributed by atoms with van der Waals surface area (Å²) in [5.74, 6) is 2.55. The molecule has 1 aliphatic rings. The van der Waals surface area contributed by atoms with E-state index < -0.39 is 0 Å². The van der Waals surface area contributed by atoms with E-state index in [1.165, 1.54) is 0 Å². The largest absolute Gasteiger partial charge is 0.339 e. The summed E-state index contributed by atoms with van der Waals surface area (Å²) in [5.41, 5.74) is 0. The molecule has 1 aromatic rings. The first-order valence-electron chi connectivity index (χ1n) is 6.27. The summed E-state index contributed by atoms with van der Waals surface area (Å²) < 4.78 is 5.39. The van der Waals surface area contributed by atoms with E-state index in [1.54, 1.807) is 0 Å². The highest BCUT2D eigenvalue weighted by atomic mass is 16.5. The summed E-state index contributed by atoms with van der Waals surface area (Å²) in [7, 11) is 0. The fraction of sp³-hybridized carbons (Fsp3) is 0.833. The molecule has 4 nitrogen and oxygen atoms in total. The van der Waals surface area contributed by atoms with Crippen molar-refractivity contribution in [2.75, 3.05) is 6.54 Å². The maximum Gasteiger partial charge on any atom is 0.229 e. The van der Waals surface area contributed by atoms with Crippen LogP contribution in [0.2, 0.25) is 0 Å². The van der Waals surface area contributed by atoms with E-state index in [4.69, 9.17) is 4.52 Å². The van der Waals surface area contributed by atoms with Gasteiger partial charge in [-0.3, -0.25) is 0 Å². The van der Waals surface area contributed by atoms with E-state index in [1.807, 2.05) is 0 Å². The van der Waals surface area contributed by atoms with Crippen LogP contribution in [0, 0.1) is 0 Å². The predicted molar refractivity (Wildman–Crippen MR) is 62.4 cm³/mol. The number of nitrogens with zero attached hydrogens (tertiary/aromatic N) is 2. The molecule has 1 saturated heterocycles. The molecule has 0 aromatic carbocycles. The molecule has 1 N–H and O–H groups in total. The molecule has 0 amide bonds. The van der Waals surface area contributed by atoms with E-state index in [0.717, 1.165) is 37.5 Å². The van der Waals surface area contributed by atoms with Crippen molar-refractivity contribution >= 4 is 0 Å². The molecule has 0 spiro atoms. The molecule has 0 saturated carbocycles. The SMILES string of the molecule is CCC(C)c1noc(C2CCNC(C)C2)n1. The minimum absolute atomic E-state index is 0.400. The van der Waals surface area contributed by atoms with Crippen molar-refractivity contribution in [3.63, 3.8) is 0 Å². The van der Waals surface area contributed by atoms with Gasteiger partial charge in [-0.2, -0.15) is 4.98 Å². The molecule has 90 valence electrons. The summed E-state index contributed by atoms with van der Waals surface area (Å²) in [6, 6.07) is 0.553. The van der Waals surface area contributed by atoms with Gasteiger partial charge in [-0.25, -0.2) is 0 Å². The van der Waals surface area contributed by atoms with Gasteiger partial charge in [0.05, 0.1) is 0 Å². The Hall–Kier alpha value is -0.900. The molecule has 1 aromatic heterocycles. The Kier molecular flexibility index (Phi) is 3.59. The van der Waals surface area contributed by atoms with Crippen LogP contribution in [0.25, 0.3) is 0 Å². The van der Waals surface area contributed by atoms with Gasteiger partial charge in [0.15, 0.2) is 5.82 Å². The highest BCUT2D eigenvalue weighted by Crippen LogP contribution is 2.27. The van der Waals surface area contributed by atoms with Gasteiger partial charge < -0.3 is 9.84 Å². The van der Waals surface area contributed by atoms with Crippen LogP contribution in [0.4, 0.5) is 0 Å². The van der Waals surface area contributed by atoms with Crippen LogP contribution in [0.5, 0.6) is 0 Å². The van der Waals surface area contributed by atoms with Crippen molar-refractivity contribution in [2.24, 2.45) is 0 Å². The molecule has 2 rings (SSSR count). The Morgan fingerprint density at radius 2 is 2.38 bits per heavy atom. The number of rotatable bonds is 3. The van der Waals surface area contributed by atoms with Crippen LogP contribution in [-0.2, 0) is 0 Å². The standard InChI is InChI=1S/C12H21N3O/c1-4-8(2)11-14-12(16-15-11)10-5-6-13-9(3)7-10/h8-10,13H,4-7H2,1-3H3. The highest BCUT2D eigenvalue weighted by molar-refractivity contribution is 5.00. The van der Waals surface area contributed by atoms with Gasteiger partial charge in [0.1, 0.15) is 0 Å². The number of hydrogen-bond acceptors (Lipinski definition) is 4. The minimum Gasteiger partial charge on any atom is -0.339 e. The predicted octanol–water partition coefficient (Wildman–Crippen LogP) is 2.44. The molecule has 3 unspecified atom stereocenters. The van der Waals surface area contributed by atoms with E-state index in [-0.39, 0.29) is 0 Å². The molecule has 1 aliphatic heterocycles. The van der Waals surface area contributed by atoms with Crippen LogP contribution in [0.3, 0.4) is 0 Å². The van der Waals surface area contributed by atoms with Crippen LogP contribution in [0.1, 0.15) is 63.6 Å². The zero-order valence-electron chi connectivity index (χ0n) is 10.4. The fourth-order valence-corrected chi connectivity index (χ4v) is 2.15. The maximum atomic E-state index is 5.39. The van der Waals surface area contributed by atoms with Crippen molar-refractivity contribution in [2.45, 2.75) is 57.9 Å². The van der Waals surface area contributed by atoms with Crippen molar-refractivity contribution in [1.82, 2.24) is 15.5 Å². The van der Waals surface area contributed by atoms with E-state index in [9.17, 15) is 0 Å². The van der Waals surface area contributed by atoms with Gasteiger partial charge in [0.25, 0.3) is 0 Å². The Morgan fingerprint density at radius 3 is 3.06 bits per heavy atom. The van der Waals surface area contributed by atoms with Crippen LogP contribution in [-0.4, -0.2) is 22.7 Å². The first-order chi connectivity index (χ1) is 7.70. The van der Waals surface area contributed by atoms with Crippen LogP contribution < -0.4 is 5.32 Å². The number of hydrogen-bond donors (Lipinski definition) is 1. The van der Waals surface area contributed by atoms with Crippen molar-refractivity contribution in [1.29, 1.82) is 0 Å². The summed E-state index contributed by atoms with van der Waals surface area (Å²) in [4.78, 5) is 4.53. The van der Waals surface area contributed by atoms with Gasteiger partial charge >= 0.3 is 0 Å². The molecule has 2 heterocycles. The second-order valence-electron chi connectivity index (χ2n) is 4.88. The summed E-state index contributed by atoms with van der Waals surface area (Å²) in [6.45, 7) is 7.54. The third kappa shape index (κ3) is 2.43. The van der Waals surface area contributed by atoms with E-state index >= 15 is 0 Å². The lowest BCUT2D eigenvalue weighted by atomic mass is 9.93. The topological polar surface area (TPSA) is 51.0 Å². The van der Waals surface area contributed by atoms with Crippen LogP contribution in [0.15, 0.2) is 4.52 Å². The fourth-order valence-electron chi connectivity index (χ4n) is 2.15. The minimum atomic E-state index is 0.400. The highest BCUT2D eigenvalue weighted by Gasteiger charge is 2.25. The molecular weight excluding hydrogens is 202 g/mol. The van der Waals surface area contributed by atoms with Crippen molar-refractivity contribution < 1.29 is 4.52 Å². The van der Waals surface area contributed by atoms with Gasteiger partial charge in [-0.1, -0.05) is 19.0 Å². The first-order valence-corrected chi connectivity index (χ1v) is 6.27. The van der Waals surface area contributed by atoms with Gasteiger partial charge in [0, 0.05) is 17.9 Å². The maximum absolute atomic E-state index is 5.39. The van der Waals surface area contributed by atoms with Gasteiger partial charge in [-0.05, 0) is 32.7 Å². The summed E-state index contributed by atoms with van der Waals surface area (Å²) in [6.07, 6.45) is 3.26. The molecule has 16 heavy (non-hydrogen) atoms. The molecule has 1 fully saturated rings. The zero-order chi connectivity index (χ0) is 11.5. The van der Waals surface area contributed by atoms with Gasteiger partial charge in [-0.15, -0.1) is 0 Å². The zero-order valence-corrected chi connectivity index (χ0v) is 10.4. The average Bonchev–Trinajstić information content (AvgIpc) is 2.77.